The second-order valence-electron chi connectivity index (χ2n) is 6.01. The Morgan fingerprint density at radius 3 is 2.86 bits per heavy atom. The quantitative estimate of drug-likeness (QED) is 0.831. The van der Waals surface area contributed by atoms with Crippen LogP contribution < -0.4 is 11.0 Å². The molecule has 0 bridgehead atoms. The van der Waals surface area contributed by atoms with Gasteiger partial charge < -0.3 is 19.8 Å². The van der Waals surface area contributed by atoms with Crippen molar-refractivity contribution in [2.45, 2.75) is 32.3 Å². The molecule has 1 aliphatic rings. The summed E-state index contributed by atoms with van der Waals surface area (Å²) in [6, 6.07) is 1.61. The smallest absolute Gasteiger partial charge is 0.345 e. The number of rotatable bonds is 3. The van der Waals surface area contributed by atoms with Gasteiger partial charge in [0.25, 0.3) is 5.91 Å². The lowest BCUT2D eigenvalue weighted by molar-refractivity contribution is -0.0855. The minimum Gasteiger partial charge on any atom is -0.376 e. The molecule has 1 fully saturated rings. The molecule has 0 aliphatic carbocycles. The van der Waals surface area contributed by atoms with Gasteiger partial charge in [-0.3, -0.25) is 4.79 Å². The first kappa shape index (κ1) is 15.7. The summed E-state index contributed by atoms with van der Waals surface area (Å²) >= 11 is 0. The minimum absolute atomic E-state index is 0.111. The van der Waals surface area contributed by atoms with Crippen molar-refractivity contribution in [3.05, 3.63) is 27.9 Å². The van der Waals surface area contributed by atoms with Crippen molar-refractivity contribution in [2.75, 3.05) is 26.4 Å². The Balaban J connectivity index is 2.05. The van der Waals surface area contributed by atoms with Crippen molar-refractivity contribution in [1.29, 1.82) is 0 Å². The fourth-order valence-corrected chi connectivity index (χ4v) is 1.93. The number of hydrogen-bond acceptors (Lipinski definition) is 5. The van der Waals surface area contributed by atoms with E-state index in [2.05, 4.69) is 15.3 Å². The van der Waals surface area contributed by atoms with E-state index in [0.29, 0.717) is 32.1 Å². The monoisotopic (exact) mass is 295 g/mol. The molecule has 2 rings (SSSR count). The summed E-state index contributed by atoms with van der Waals surface area (Å²) in [7, 11) is 0. The molecule has 1 aliphatic heterocycles. The maximum Gasteiger partial charge on any atom is 0.345 e. The number of aromatic amines is 1. The molecular weight excluding hydrogens is 274 g/mol. The van der Waals surface area contributed by atoms with E-state index in [0.717, 1.165) is 0 Å². The van der Waals surface area contributed by atoms with Gasteiger partial charge in [-0.15, -0.1) is 0 Å². The zero-order valence-electron chi connectivity index (χ0n) is 12.6. The van der Waals surface area contributed by atoms with Crippen molar-refractivity contribution < 1.29 is 14.3 Å². The van der Waals surface area contributed by atoms with Crippen LogP contribution in [0.5, 0.6) is 0 Å². The maximum atomic E-state index is 12.1. The van der Waals surface area contributed by atoms with Gasteiger partial charge in [-0.1, -0.05) is 20.8 Å². The number of aromatic nitrogens is 2. The SMILES string of the molecule is CC(C)(C)c1cc(C(=O)NCC2COCCO2)nc(=O)[nH]1. The third-order valence-corrected chi connectivity index (χ3v) is 3.16. The summed E-state index contributed by atoms with van der Waals surface area (Å²) in [6.07, 6.45) is -0.160. The van der Waals surface area contributed by atoms with Crippen molar-refractivity contribution in [1.82, 2.24) is 15.3 Å². The Morgan fingerprint density at radius 2 is 2.24 bits per heavy atom. The van der Waals surface area contributed by atoms with Crippen molar-refractivity contribution in [2.24, 2.45) is 0 Å². The molecule has 0 radical (unpaired) electrons. The second kappa shape index (κ2) is 6.36. The number of carbonyl (C=O) groups is 1. The minimum atomic E-state index is -0.523. The second-order valence-corrected chi connectivity index (χ2v) is 6.01. The summed E-state index contributed by atoms with van der Waals surface area (Å²) in [5.41, 5.74) is -0.00704. The van der Waals surface area contributed by atoms with Crippen LogP contribution in [0.25, 0.3) is 0 Å². The number of nitrogens with one attached hydrogen (secondary N) is 2. The average molecular weight is 295 g/mol. The summed E-state index contributed by atoms with van der Waals surface area (Å²) in [5, 5.41) is 2.72. The molecule has 116 valence electrons. The summed E-state index contributed by atoms with van der Waals surface area (Å²) in [5.74, 6) is -0.388. The fourth-order valence-electron chi connectivity index (χ4n) is 1.93. The lowest BCUT2D eigenvalue weighted by atomic mass is 9.91. The lowest BCUT2D eigenvalue weighted by Gasteiger charge is -2.23. The first-order valence-electron chi connectivity index (χ1n) is 6.95. The molecule has 2 heterocycles. The first-order valence-corrected chi connectivity index (χ1v) is 6.95. The molecule has 1 unspecified atom stereocenters. The van der Waals surface area contributed by atoms with Crippen molar-refractivity contribution in [3.8, 4) is 0 Å². The third kappa shape index (κ3) is 4.37. The van der Waals surface area contributed by atoms with Crippen LogP contribution in [-0.4, -0.2) is 48.3 Å². The lowest BCUT2D eigenvalue weighted by Crippen LogP contribution is -2.40. The Hall–Kier alpha value is -1.73. The molecule has 1 aromatic heterocycles. The molecule has 21 heavy (non-hydrogen) atoms. The summed E-state index contributed by atoms with van der Waals surface area (Å²) in [6.45, 7) is 7.74. The van der Waals surface area contributed by atoms with Crippen LogP contribution in [0.1, 0.15) is 37.0 Å². The number of hydrogen-bond donors (Lipinski definition) is 2. The molecule has 1 atom stereocenters. The third-order valence-electron chi connectivity index (χ3n) is 3.16. The van der Waals surface area contributed by atoms with E-state index in [-0.39, 0.29) is 23.1 Å². The molecule has 0 spiro atoms. The van der Waals surface area contributed by atoms with Gasteiger partial charge in [0.15, 0.2) is 0 Å². The zero-order valence-corrected chi connectivity index (χ0v) is 12.6. The van der Waals surface area contributed by atoms with E-state index in [1.54, 1.807) is 6.07 Å². The molecule has 1 saturated heterocycles. The van der Waals surface area contributed by atoms with Crippen LogP contribution in [-0.2, 0) is 14.9 Å². The highest BCUT2D eigenvalue weighted by atomic mass is 16.6. The Labute approximate surface area is 123 Å². The van der Waals surface area contributed by atoms with Crippen LogP contribution in [0.15, 0.2) is 10.9 Å². The molecule has 1 aromatic rings. The van der Waals surface area contributed by atoms with Crippen LogP contribution in [0.3, 0.4) is 0 Å². The van der Waals surface area contributed by atoms with Gasteiger partial charge in [-0.25, -0.2) is 4.79 Å². The topological polar surface area (TPSA) is 93.3 Å². The molecule has 0 aromatic carbocycles. The van der Waals surface area contributed by atoms with Crippen molar-refractivity contribution >= 4 is 5.91 Å². The highest BCUT2D eigenvalue weighted by molar-refractivity contribution is 5.92. The molecule has 0 saturated carbocycles. The average Bonchev–Trinajstić information content (AvgIpc) is 2.44. The van der Waals surface area contributed by atoms with E-state index in [4.69, 9.17) is 9.47 Å². The van der Waals surface area contributed by atoms with Gasteiger partial charge in [0.05, 0.1) is 25.9 Å². The van der Waals surface area contributed by atoms with Crippen LogP contribution in [0.2, 0.25) is 0 Å². The largest absolute Gasteiger partial charge is 0.376 e. The number of amides is 1. The molecule has 7 heteroatoms. The van der Waals surface area contributed by atoms with Crippen LogP contribution in [0, 0.1) is 0 Å². The molecule has 1 amide bonds. The van der Waals surface area contributed by atoms with Crippen molar-refractivity contribution in [3.63, 3.8) is 0 Å². The molecule has 2 N–H and O–H groups in total. The van der Waals surface area contributed by atoms with E-state index >= 15 is 0 Å². The fraction of sp³-hybridized carbons (Fsp3) is 0.643. The van der Waals surface area contributed by atoms with E-state index in [9.17, 15) is 9.59 Å². The maximum absolute atomic E-state index is 12.1. The van der Waals surface area contributed by atoms with Gasteiger partial charge in [-0.05, 0) is 6.07 Å². The van der Waals surface area contributed by atoms with Crippen LogP contribution >= 0.6 is 0 Å². The summed E-state index contributed by atoms with van der Waals surface area (Å²) < 4.78 is 10.7. The first-order chi connectivity index (χ1) is 9.86. The zero-order chi connectivity index (χ0) is 15.5. The Bertz CT molecular complexity index is 556. The highest BCUT2D eigenvalue weighted by Gasteiger charge is 2.20. The van der Waals surface area contributed by atoms with Crippen LogP contribution in [0.4, 0.5) is 0 Å². The van der Waals surface area contributed by atoms with Gasteiger partial charge in [0, 0.05) is 17.7 Å². The Morgan fingerprint density at radius 1 is 1.48 bits per heavy atom. The number of nitrogens with zero attached hydrogens (tertiary/aromatic N) is 1. The van der Waals surface area contributed by atoms with Gasteiger partial charge >= 0.3 is 5.69 Å². The number of H-pyrrole nitrogens is 1. The van der Waals surface area contributed by atoms with E-state index < -0.39 is 5.69 Å². The molecular formula is C14H21N3O4. The predicted octanol–water partition coefficient (Wildman–Crippen LogP) is 0.213. The van der Waals surface area contributed by atoms with E-state index in [1.165, 1.54) is 0 Å². The predicted molar refractivity (Wildman–Crippen MR) is 76.4 cm³/mol. The highest BCUT2D eigenvalue weighted by Crippen LogP contribution is 2.18. The number of carbonyl (C=O) groups excluding carboxylic acids is 1. The van der Waals surface area contributed by atoms with Gasteiger partial charge in [-0.2, -0.15) is 4.98 Å². The standard InChI is InChI=1S/C14H21N3O4/c1-14(2,3)11-6-10(16-13(19)17-11)12(18)15-7-9-8-20-4-5-21-9/h6,9H,4-5,7-8H2,1-3H3,(H,15,18)(H,16,17,19). The van der Waals surface area contributed by atoms with Gasteiger partial charge in [0.2, 0.25) is 0 Å². The Kier molecular flexibility index (Phi) is 4.74. The normalized spacial score (nSPS) is 19.3. The molecule has 7 nitrogen and oxygen atoms in total. The number of ether oxygens (including phenoxy) is 2. The van der Waals surface area contributed by atoms with Gasteiger partial charge in [0.1, 0.15) is 5.69 Å². The van der Waals surface area contributed by atoms with E-state index in [1.807, 2.05) is 20.8 Å². The summed E-state index contributed by atoms with van der Waals surface area (Å²) in [4.78, 5) is 30.0.